The van der Waals surface area contributed by atoms with Crippen LogP contribution in [0.3, 0.4) is 0 Å². The van der Waals surface area contributed by atoms with E-state index in [2.05, 4.69) is 33.7 Å². The van der Waals surface area contributed by atoms with Gasteiger partial charge in [-0.15, -0.1) is 0 Å². The Bertz CT molecular complexity index is 397. The van der Waals surface area contributed by atoms with Crippen molar-refractivity contribution in [2.24, 2.45) is 0 Å². The number of nitrogens with zero attached hydrogens (tertiary/aromatic N) is 1. The van der Waals surface area contributed by atoms with Crippen LogP contribution in [0.5, 0.6) is 0 Å². The molecule has 0 radical (unpaired) electrons. The largest absolute Gasteiger partial charge is 0.384 e. The number of anilines is 1. The van der Waals surface area contributed by atoms with Gasteiger partial charge < -0.3 is 10.6 Å². The van der Waals surface area contributed by atoms with Gasteiger partial charge in [-0.3, -0.25) is 4.90 Å². The molecule has 0 amide bonds. The summed E-state index contributed by atoms with van der Waals surface area (Å²) in [7, 11) is 0. The maximum Gasteiger partial charge on any atom is 0.0343 e. The van der Waals surface area contributed by atoms with E-state index in [1.807, 2.05) is 0 Å². The Morgan fingerprint density at radius 1 is 1.11 bits per heavy atom. The molecule has 1 saturated heterocycles. The minimum atomic E-state index is 1.05. The van der Waals surface area contributed by atoms with Crippen LogP contribution < -0.4 is 10.6 Å². The van der Waals surface area contributed by atoms with Gasteiger partial charge in [0, 0.05) is 45.0 Å². The van der Waals surface area contributed by atoms with E-state index in [0.29, 0.717) is 0 Å². The van der Waals surface area contributed by atoms with Crippen molar-refractivity contribution in [1.82, 2.24) is 10.2 Å². The van der Waals surface area contributed by atoms with Crippen molar-refractivity contribution >= 4 is 5.69 Å². The molecular formula is C15H23N3. The van der Waals surface area contributed by atoms with E-state index in [1.54, 1.807) is 11.1 Å². The summed E-state index contributed by atoms with van der Waals surface area (Å²) in [5, 5.41) is 6.95. The van der Waals surface area contributed by atoms with Crippen molar-refractivity contribution in [3.8, 4) is 0 Å². The first-order valence-electron chi connectivity index (χ1n) is 7.20. The van der Waals surface area contributed by atoms with E-state index in [9.17, 15) is 0 Å². The molecule has 0 spiro atoms. The van der Waals surface area contributed by atoms with Gasteiger partial charge in [0.05, 0.1) is 0 Å². The van der Waals surface area contributed by atoms with Gasteiger partial charge in [-0.25, -0.2) is 0 Å². The molecule has 3 nitrogen and oxygen atoms in total. The number of hydrogen-bond donors (Lipinski definition) is 2. The predicted molar refractivity (Wildman–Crippen MR) is 76.3 cm³/mol. The predicted octanol–water partition coefficient (Wildman–Crippen LogP) is 1.49. The average Bonchev–Trinajstić information content (AvgIpc) is 2.87. The number of nitrogens with one attached hydrogen (secondary N) is 2. The molecular weight excluding hydrogens is 222 g/mol. The molecule has 18 heavy (non-hydrogen) atoms. The molecule has 3 heteroatoms. The molecule has 1 heterocycles. The molecule has 1 aromatic carbocycles. The Morgan fingerprint density at radius 3 is 2.83 bits per heavy atom. The number of fused-ring (bicyclic) bond motifs is 1. The second-order valence-electron chi connectivity index (χ2n) is 5.36. The molecule has 98 valence electrons. The SMILES string of the molecule is c1cc2c(cc1NCCN1CCNCC1)CCC2. The molecule has 3 rings (SSSR count). The lowest BCUT2D eigenvalue weighted by atomic mass is 10.1. The number of hydrogen-bond acceptors (Lipinski definition) is 3. The highest BCUT2D eigenvalue weighted by Crippen LogP contribution is 2.24. The number of piperazine rings is 1. The fourth-order valence-corrected chi connectivity index (χ4v) is 2.97. The number of rotatable bonds is 4. The molecule has 1 fully saturated rings. The van der Waals surface area contributed by atoms with Crippen molar-refractivity contribution in [2.45, 2.75) is 19.3 Å². The smallest absolute Gasteiger partial charge is 0.0343 e. The topological polar surface area (TPSA) is 27.3 Å². The number of benzene rings is 1. The van der Waals surface area contributed by atoms with E-state index >= 15 is 0 Å². The van der Waals surface area contributed by atoms with Crippen molar-refractivity contribution in [2.75, 3.05) is 44.6 Å². The first-order valence-corrected chi connectivity index (χ1v) is 7.20. The van der Waals surface area contributed by atoms with Gasteiger partial charge in [0.15, 0.2) is 0 Å². The maximum atomic E-state index is 3.56. The monoisotopic (exact) mass is 245 g/mol. The second kappa shape index (κ2) is 5.72. The molecule has 0 bridgehead atoms. The van der Waals surface area contributed by atoms with Gasteiger partial charge in [-0.05, 0) is 42.5 Å². The fraction of sp³-hybridized carbons (Fsp3) is 0.600. The summed E-state index contributed by atoms with van der Waals surface area (Å²) in [4.78, 5) is 2.52. The zero-order valence-corrected chi connectivity index (χ0v) is 11.0. The highest BCUT2D eigenvalue weighted by molar-refractivity contribution is 5.50. The highest BCUT2D eigenvalue weighted by atomic mass is 15.2. The second-order valence-corrected chi connectivity index (χ2v) is 5.36. The van der Waals surface area contributed by atoms with Crippen LogP contribution in [0.1, 0.15) is 17.5 Å². The van der Waals surface area contributed by atoms with Crippen LogP contribution >= 0.6 is 0 Å². The summed E-state index contributed by atoms with van der Waals surface area (Å²) >= 11 is 0. The summed E-state index contributed by atoms with van der Waals surface area (Å²) in [6.45, 7) is 6.85. The lowest BCUT2D eigenvalue weighted by Gasteiger charge is -2.27. The Balaban J connectivity index is 1.48. The standard InChI is InChI=1S/C15H23N3/c1-2-13-4-5-15(12-14(13)3-1)17-8-11-18-9-6-16-7-10-18/h4-5,12,16-17H,1-3,6-11H2. The van der Waals surface area contributed by atoms with E-state index < -0.39 is 0 Å². The van der Waals surface area contributed by atoms with Crippen molar-refractivity contribution in [3.63, 3.8) is 0 Å². The third kappa shape index (κ3) is 2.85. The molecule has 1 aromatic rings. The Hall–Kier alpha value is -1.06. The highest BCUT2D eigenvalue weighted by Gasteiger charge is 2.11. The van der Waals surface area contributed by atoms with Crippen molar-refractivity contribution in [3.05, 3.63) is 29.3 Å². The summed E-state index contributed by atoms with van der Waals surface area (Å²) in [6.07, 6.45) is 3.87. The quantitative estimate of drug-likeness (QED) is 0.841. The molecule has 0 aromatic heterocycles. The minimum Gasteiger partial charge on any atom is -0.384 e. The molecule has 1 aliphatic carbocycles. The lowest BCUT2D eigenvalue weighted by molar-refractivity contribution is 0.249. The fourth-order valence-electron chi connectivity index (χ4n) is 2.97. The first-order chi connectivity index (χ1) is 8.92. The van der Waals surface area contributed by atoms with Crippen LogP contribution in [0, 0.1) is 0 Å². The Morgan fingerprint density at radius 2 is 1.94 bits per heavy atom. The first kappa shape index (κ1) is 12.0. The molecule has 2 N–H and O–H groups in total. The Labute approximate surface area is 110 Å². The van der Waals surface area contributed by atoms with Gasteiger partial charge in [0.2, 0.25) is 0 Å². The van der Waals surface area contributed by atoms with Gasteiger partial charge in [0.25, 0.3) is 0 Å². The summed E-state index contributed by atoms with van der Waals surface area (Å²) in [5.74, 6) is 0. The average molecular weight is 245 g/mol. The van der Waals surface area contributed by atoms with Gasteiger partial charge in [0.1, 0.15) is 0 Å². The summed E-state index contributed by atoms with van der Waals surface area (Å²) in [5.41, 5.74) is 4.41. The van der Waals surface area contributed by atoms with Crippen LogP contribution in [-0.4, -0.2) is 44.2 Å². The maximum absolute atomic E-state index is 3.56. The minimum absolute atomic E-state index is 1.05. The summed E-state index contributed by atoms with van der Waals surface area (Å²) in [6, 6.07) is 6.89. The van der Waals surface area contributed by atoms with E-state index in [4.69, 9.17) is 0 Å². The van der Waals surface area contributed by atoms with E-state index in [1.165, 1.54) is 38.0 Å². The molecule has 0 saturated carbocycles. The van der Waals surface area contributed by atoms with Gasteiger partial charge in [-0.2, -0.15) is 0 Å². The molecule has 2 aliphatic rings. The third-order valence-corrected chi connectivity index (χ3v) is 4.07. The van der Waals surface area contributed by atoms with Crippen LogP contribution in [-0.2, 0) is 12.8 Å². The van der Waals surface area contributed by atoms with E-state index in [-0.39, 0.29) is 0 Å². The van der Waals surface area contributed by atoms with Gasteiger partial charge in [-0.1, -0.05) is 6.07 Å². The van der Waals surface area contributed by atoms with Crippen molar-refractivity contribution in [1.29, 1.82) is 0 Å². The molecule has 1 aliphatic heterocycles. The number of aryl methyl sites for hydroxylation is 2. The van der Waals surface area contributed by atoms with Crippen molar-refractivity contribution < 1.29 is 0 Å². The Kier molecular flexibility index (Phi) is 3.81. The van der Waals surface area contributed by atoms with E-state index in [0.717, 1.165) is 26.2 Å². The van der Waals surface area contributed by atoms with Crippen LogP contribution in [0.25, 0.3) is 0 Å². The van der Waals surface area contributed by atoms with Crippen LogP contribution in [0.2, 0.25) is 0 Å². The summed E-state index contributed by atoms with van der Waals surface area (Å²) < 4.78 is 0. The zero-order valence-electron chi connectivity index (χ0n) is 11.0. The molecule has 0 unspecified atom stereocenters. The van der Waals surface area contributed by atoms with Crippen LogP contribution in [0.15, 0.2) is 18.2 Å². The third-order valence-electron chi connectivity index (χ3n) is 4.07. The van der Waals surface area contributed by atoms with Gasteiger partial charge >= 0.3 is 0 Å². The molecule has 0 atom stereocenters. The zero-order chi connectivity index (χ0) is 12.2. The normalized spacial score (nSPS) is 19.8. The van der Waals surface area contributed by atoms with Crippen LogP contribution in [0.4, 0.5) is 5.69 Å². The lowest BCUT2D eigenvalue weighted by Crippen LogP contribution is -2.45.